The fraction of sp³-hybridized carbons (Fsp3) is 0.667. The van der Waals surface area contributed by atoms with E-state index in [2.05, 4.69) is 40.1 Å². The van der Waals surface area contributed by atoms with Crippen molar-refractivity contribution in [2.24, 2.45) is 0 Å². The van der Waals surface area contributed by atoms with Crippen molar-refractivity contribution >= 4 is 21.7 Å². The molecule has 0 spiro atoms. The summed E-state index contributed by atoms with van der Waals surface area (Å²) in [4.78, 5) is 9.28. The van der Waals surface area contributed by atoms with Crippen LogP contribution in [0.15, 0.2) is 4.47 Å². The van der Waals surface area contributed by atoms with Crippen LogP contribution in [-0.4, -0.2) is 17.0 Å². The van der Waals surface area contributed by atoms with Crippen LogP contribution in [0.5, 0.6) is 0 Å². The van der Waals surface area contributed by atoms with Gasteiger partial charge in [-0.25, -0.2) is 9.97 Å². The van der Waals surface area contributed by atoms with Crippen molar-refractivity contribution in [3.63, 3.8) is 0 Å². The van der Waals surface area contributed by atoms with Gasteiger partial charge in [0.25, 0.3) is 0 Å². The highest BCUT2D eigenvalue weighted by molar-refractivity contribution is 9.10. The molecule has 0 amide bonds. The highest BCUT2D eigenvalue weighted by Gasteiger charge is 2.29. The van der Waals surface area contributed by atoms with Crippen molar-refractivity contribution in [1.82, 2.24) is 9.97 Å². The largest absolute Gasteiger partial charge is 0.372 e. The lowest BCUT2D eigenvalue weighted by Gasteiger charge is -2.13. The minimum Gasteiger partial charge on any atom is -0.372 e. The average molecular weight is 284 g/mol. The number of hydrogen-bond acceptors (Lipinski definition) is 3. The van der Waals surface area contributed by atoms with Crippen LogP contribution in [-0.2, 0) is 0 Å². The molecular weight excluding hydrogens is 266 g/mol. The summed E-state index contributed by atoms with van der Waals surface area (Å²) in [6.45, 7) is 4.35. The van der Waals surface area contributed by atoms with E-state index in [0.29, 0.717) is 11.8 Å². The Morgan fingerprint density at radius 3 is 2.62 bits per heavy atom. The van der Waals surface area contributed by atoms with E-state index in [1.807, 2.05) is 7.05 Å². The third-order valence-corrected chi connectivity index (χ3v) is 3.93. The van der Waals surface area contributed by atoms with Crippen molar-refractivity contribution in [2.45, 2.75) is 44.9 Å². The van der Waals surface area contributed by atoms with Crippen molar-refractivity contribution in [2.75, 3.05) is 12.4 Å². The summed E-state index contributed by atoms with van der Waals surface area (Å²) in [5, 5.41) is 3.14. The van der Waals surface area contributed by atoms with E-state index in [9.17, 15) is 0 Å². The van der Waals surface area contributed by atoms with Crippen molar-refractivity contribution in [1.29, 1.82) is 0 Å². The summed E-state index contributed by atoms with van der Waals surface area (Å²) in [5.74, 6) is 2.97. The molecule has 1 aliphatic carbocycles. The molecule has 1 fully saturated rings. The minimum atomic E-state index is 0.428. The zero-order valence-corrected chi connectivity index (χ0v) is 11.6. The number of aromatic nitrogens is 2. The summed E-state index contributed by atoms with van der Waals surface area (Å²) >= 11 is 3.60. The molecule has 0 radical (unpaired) electrons. The molecule has 2 rings (SSSR count). The smallest absolute Gasteiger partial charge is 0.144 e. The second-order valence-corrected chi connectivity index (χ2v) is 5.26. The van der Waals surface area contributed by atoms with Gasteiger partial charge in [0.1, 0.15) is 11.6 Å². The lowest BCUT2D eigenvalue weighted by atomic mass is 10.1. The first-order chi connectivity index (χ1) is 7.67. The molecule has 0 bridgehead atoms. The van der Waals surface area contributed by atoms with E-state index in [1.54, 1.807) is 0 Å². The molecule has 1 atom stereocenters. The van der Waals surface area contributed by atoms with Gasteiger partial charge in [-0.05, 0) is 35.2 Å². The van der Waals surface area contributed by atoms with Crippen molar-refractivity contribution < 1.29 is 0 Å². The Morgan fingerprint density at radius 2 is 2.12 bits per heavy atom. The Bertz CT molecular complexity index is 388. The molecule has 1 heterocycles. The molecule has 0 aromatic carbocycles. The topological polar surface area (TPSA) is 37.8 Å². The number of nitrogens with one attached hydrogen (secondary N) is 1. The van der Waals surface area contributed by atoms with Gasteiger partial charge in [0.15, 0.2) is 0 Å². The molecule has 16 heavy (non-hydrogen) atoms. The second-order valence-electron chi connectivity index (χ2n) is 4.46. The molecule has 0 aliphatic heterocycles. The van der Waals surface area contributed by atoms with Crippen LogP contribution in [0.4, 0.5) is 5.82 Å². The van der Waals surface area contributed by atoms with E-state index >= 15 is 0 Å². The van der Waals surface area contributed by atoms with Gasteiger partial charge < -0.3 is 5.32 Å². The van der Waals surface area contributed by atoms with Crippen LogP contribution in [0, 0.1) is 0 Å². The lowest BCUT2D eigenvalue weighted by Crippen LogP contribution is -2.07. The predicted molar refractivity (Wildman–Crippen MR) is 70.0 cm³/mol. The third-order valence-electron chi connectivity index (χ3n) is 3.15. The van der Waals surface area contributed by atoms with E-state index in [0.717, 1.165) is 22.5 Å². The minimum absolute atomic E-state index is 0.428. The van der Waals surface area contributed by atoms with Gasteiger partial charge in [-0.3, -0.25) is 0 Å². The first kappa shape index (κ1) is 11.8. The molecular formula is C12H18BrN3. The van der Waals surface area contributed by atoms with Crippen LogP contribution < -0.4 is 5.32 Å². The quantitative estimate of drug-likeness (QED) is 0.916. The summed E-state index contributed by atoms with van der Waals surface area (Å²) in [6.07, 6.45) is 3.60. The van der Waals surface area contributed by atoms with Crippen LogP contribution >= 0.6 is 15.9 Å². The number of anilines is 1. The van der Waals surface area contributed by atoms with Crippen LogP contribution in [0.25, 0.3) is 0 Å². The average Bonchev–Trinajstić information content (AvgIpc) is 3.12. The number of rotatable bonds is 4. The van der Waals surface area contributed by atoms with Crippen LogP contribution in [0.1, 0.15) is 56.5 Å². The molecule has 3 nitrogen and oxygen atoms in total. The van der Waals surface area contributed by atoms with Crippen LogP contribution in [0.3, 0.4) is 0 Å². The Labute approximate surface area is 105 Å². The summed E-state index contributed by atoms with van der Waals surface area (Å²) < 4.78 is 1.05. The summed E-state index contributed by atoms with van der Waals surface area (Å²) in [7, 11) is 1.91. The third kappa shape index (κ3) is 2.21. The predicted octanol–water partition coefficient (Wildman–Crippen LogP) is 3.67. The van der Waals surface area contributed by atoms with Gasteiger partial charge >= 0.3 is 0 Å². The standard InChI is InChI=1S/C12H18BrN3/c1-4-7(2)11-15-10(8-5-6-8)9(13)12(14-3)16-11/h7-8H,4-6H2,1-3H3,(H,14,15,16). The SMILES string of the molecule is CCC(C)c1nc(NC)c(Br)c(C2CC2)n1. The molecule has 1 aromatic heterocycles. The van der Waals surface area contributed by atoms with Gasteiger partial charge in [0.05, 0.1) is 10.2 Å². The number of nitrogens with zero attached hydrogens (tertiary/aromatic N) is 2. The molecule has 1 N–H and O–H groups in total. The first-order valence-corrected chi connectivity index (χ1v) is 6.71. The number of halogens is 1. The van der Waals surface area contributed by atoms with Gasteiger partial charge in [-0.2, -0.15) is 0 Å². The number of hydrogen-bond donors (Lipinski definition) is 1. The molecule has 0 saturated heterocycles. The maximum Gasteiger partial charge on any atom is 0.144 e. The Balaban J connectivity index is 2.43. The lowest BCUT2D eigenvalue weighted by molar-refractivity contribution is 0.670. The highest BCUT2D eigenvalue weighted by Crippen LogP contribution is 2.44. The van der Waals surface area contributed by atoms with E-state index < -0.39 is 0 Å². The Kier molecular flexibility index (Phi) is 3.47. The summed E-state index contributed by atoms with van der Waals surface area (Å²) in [6, 6.07) is 0. The molecule has 4 heteroatoms. The van der Waals surface area contributed by atoms with Gasteiger partial charge in [-0.15, -0.1) is 0 Å². The van der Waals surface area contributed by atoms with E-state index in [-0.39, 0.29) is 0 Å². The first-order valence-electron chi connectivity index (χ1n) is 5.92. The molecule has 1 unspecified atom stereocenters. The van der Waals surface area contributed by atoms with E-state index in [1.165, 1.54) is 18.5 Å². The van der Waals surface area contributed by atoms with Gasteiger partial charge in [-0.1, -0.05) is 13.8 Å². The fourth-order valence-corrected chi connectivity index (χ4v) is 2.38. The fourth-order valence-electron chi connectivity index (χ4n) is 1.68. The Hall–Kier alpha value is -0.640. The molecule has 1 aliphatic rings. The monoisotopic (exact) mass is 283 g/mol. The van der Waals surface area contributed by atoms with Crippen molar-refractivity contribution in [3.05, 3.63) is 16.0 Å². The van der Waals surface area contributed by atoms with Gasteiger partial charge in [0.2, 0.25) is 0 Å². The molecule has 1 aromatic rings. The summed E-state index contributed by atoms with van der Waals surface area (Å²) in [5.41, 5.74) is 1.19. The maximum atomic E-state index is 4.72. The van der Waals surface area contributed by atoms with E-state index in [4.69, 9.17) is 4.98 Å². The van der Waals surface area contributed by atoms with Gasteiger partial charge in [0, 0.05) is 18.9 Å². The normalized spacial score (nSPS) is 17.2. The molecule has 1 saturated carbocycles. The zero-order chi connectivity index (χ0) is 11.7. The highest BCUT2D eigenvalue weighted by atomic mass is 79.9. The van der Waals surface area contributed by atoms with Crippen LogP contribution in [0.2, 0.25) is 0 Å². The van der Waals surface area contributed by atoms with Crippen molar-refractivity contribution in [3.8, 4) is 0 Å². The molecule has 88 valence electrons. The Morgan fingerprint density at radius 1 is 1.44 bits per heavy atom. The second kappa shape index (κ2) is 4.70. The maximum absolute atomic E-state index is 4.72. The zero-order valence-electron chi connectivity index (χ0n) is 10.0.